The standard InChI is InChI=1S/C17H23ClO3/c1-5-11(7-12-8-13(12)17(19)20)15-10(3)14(18)6-9(2)16(15)21-4/h6,11-13H,5,7-8H2,1-4H3,(H,19,20). The summed E-state index contributed by atoms with van der Waals surface area (Å²) in [5.74, 6) is 0.658. The van der Waals surface area contributed by atoms with Gasteiger partial charge in [-0.3, -0.25) is 4.79 Å². The third-order valence-electron chi connectivity index (χ3n) is 4.64. The lowest BCUT2D eigenvalue weighted by Gasteiger charge is -2.23. The van der Waals surface area contributed by atoms with Crippen molar-refractivity contribution in [1.82, 2.24) is 0 Å². The molecule has 1 aromatic rings. The maximum atomic E-state index is 11.0. The van der Waals surface area contributed by atoms with Crippen LogP contribution in [0.3, 0.4) is 0 Å². The molecule has 3 atom stereocenters. The van der Waals surface area contributed by atoms with E-state index in [1.807, 2.05) is 19.9 Å². The van der Waals surface area contributed by atoms with E-state index in [2.05, 4.69) is 6.92 Å². The Morgan fingerprint density at radius 3 is 2.67 bits per heavy atom. The summed E-state index contributed by atoms with van der Waals surface area (Å²) in [5, 5.41) is 9.83. The Hall–Kier alpha value is -1.22. The van der Waals surface area contributed by atoms with E-state index >= 15 is 0 Å². The van der Waals surface area contributed by atoms with Crippen LogP contribution in [0, 0.1) is 25.7 Å². The largest absolute Gasteiger partial charge is 0.496 e. The number of hydrogen-bond donors (Lipinski definition) is 1. The zero-order valence-corrected chi connectivity index (χ0v) is 13.8. The number of carbonyl (C=O) groups is 1. The molecule has 3 unspecified atom stereocenters. The summed E-state index contributed by atoms with van der Waals surface area (Å²) in [4.78, 5) is 11.0. The monoisotopic (exact) mass is 310 g/mol. The first-order chi connectivity index (χ1) is 9.90. The average molecular weight is 311 g/mol. The van der Waals surface area contributed by atoms with Crippen LogP contribution in [0.5, 0.6) is 5.75 Å². The minimum absolute atomic E-state index is 0.161. The van der Waals surface area contributed by atoms with Gasteiger partial charge in [-0.25, -0.2) is 0 Å². The Morgan fingerprint density at radius 2 is 2.19 bits per heavy atom. The van der Waals surface area contributed by atoms with E-state index in [4.69, 9.17) is 21.4 Å². The number of rotatable bonds is 6. The second-order valence-corrected chi connectivity index (χ2v) is 6.44. The summed E-state index contributed by atoms with van der Waals surface area (Å²) >= 11 is 6.33. The molecule has 1 fully saturated rings. The Labute approximate surface area is 131 Å². The van der Waals surface area contributed by atoms with E-state index in [1.54, 1.807) is 7.11 Å². The Bertz CT molecular complexity index is 553. The molecule has 3 nitrogen and oxygen atoms in total. The maximum Gasteiger partial charge on any atom is 0.306 e. The van der Waals surface area contributed by atoms with Gasteiger partial charge in [0.15, 0.2) is 0 Å². The number of methoxy groups -OCH3 is 1. The molecule has 0 spiro atoms. The number of halogens is 1. The van der Waals surface area contributed by atoms with Crippen molar-refractivity contribution in [2.24, 2.45) is 11.8 Å². The van der Waals surface area contributed by atoms with Gasteiger partial charge in [-0.15, -0.1) is 0 Å². The molecule has 116 valence electrons. The van der Waals surface area contributed by atoms with Gasteiger partial charge < -0.3 is 9.84 Å². The molecule has 0 saturated heterocycles. The van der Waals surface area contributed by atoms with Gasteiger partial charge in [-0.2, -0.15) is 0 Å². The molecule has 0 bridgehead atoms. The van der Waals surface area contributed by atoms with Crippen LogP contribution in [-0.4, -0.2) is 18.2 Å². The summed E-state index contributed by atoms with van der Waals surface area (Å²) in [5.41, 5.74) is 3.24. The minimum Gasteiger partial charge on any atom is -0.496 e. The molecule has 1 saturated carbocycles. The van der Waals surface area contributed by atoms with Crippen molar-refractivity contribution < 1.29 is 14.6 Å². The average Bonchev–Trinajstić information content (AvgIpc) is 3.19. The Balaban J connectivity index is 2.32. The first kappa shape index (κ1) is 16.2. The maximum absolute atomic E-state index is 11.0. The summed E-state index contributed by atoms with van der Waals surface area (Å²) in [6.45, 7) is 6.15. The van der Waals surface area contributed by atoms with Crippen LogP contribution in [0.25, 0.3) is 0 Å². The Kier molecular flexibility index (Phi) is 4.82. The first-order valence-corrected chi connectivity index (χ1v) is 7.84. The van der Waals surface area contributed by atoms with E-state index in [0.717, 1.165) is 46.7 Å². The lowest BCUT2D eigenvalue weighted by atomic mass is 9.86. The second-order valence-electron chi connectivity index (χ2n) is 6.03. The minimum atomic E-state index is -0.666. The SMILES string of the molecule is CCC(CC1CC1C(=O)O)c1c(C)c(Cl)cc(C)c1OC. The van der Waals surface area contributed by atoms with Crippen LogP contribution in [0.1, 0.15) is 48.8 Å². The van der Waals surface area contributed by atoms with Gasteiger partial charge in [-0.05, 0) is 62.1 Å². The first-order valence-electron chi connectivity index (χ1n) is 7.47. The molecular weight excluding hydrogens is 288 g/mol. The van der Waals surface area contributed by atoms with Crippen molar-refractivity contribution in [2.75, 3.05) is 7.11 Å². The second kappa shape index (κ2) is 6.27. The van der Waals surface area contributed by atoms with E-state index < -0.39 is 5.97 Å². The van der Waals surface area contributed by atoms with Crippen molar-refractivity contribution in [3.63, 3.8) is 0 Å². The van der Waals surface area contributed by atoms with Gasteiger partial charge >= 0.3 is 5.97 Å². The molecular formula is C17H23ClO3. The highest BCUT2D eigenvalue weighted by molar-refractivity contribution is 6.31. The van der Waals surface area contributed by atoms with Crippen LogP contribution >= 0.6 is 11.6 Å². The van der Waals surface area contributed by atoms with Crippen molar-refractivity contribution in [3.8, 4) is 5.75 Å². The zero-order valence-electron chi connectivity index (χ0n) is 13.1. The van der Waals surface area contributed by atoms with Gasteiger partial charge in [0.25, 0.3) is 0 Å². The molecule has 0 heterocycles. The van der Waals surface area contributed by atoms with Gasteiger partial charge in [0.1, 0.15) is 5.75 Å². The normalized spacial score (nSPS) is 22.0. The smallest absolute Gasteiger partial charge is 0.306 e. The molecule has 0 amide bonds. The lowest BCUT2D eigenvalue weighted by Crippen LogP contribution is -2.08. The molecule has 0 aromatic heterocycles. The third kappa shape index (κ3) is 3.18. The van der Waals surface area contributed by atoms with Crippen LogP contribution in [0.4, 0.5) is 0 Å². The lowest BCUT2D eigenvalue weighted by molar-refractivity contribution is -0.138. The molecule has 4 heteroatoms. The van der Waals surface area contributed by atoms with E-state index in [1.165, 1.54) is 0 Å². The fraction of sp³-hybridized carbons (Fsp3) is 0.588. The molecule has 1 aliphatic carbocycles. The highest BCUT2D eigenvalue weighted by Gasteiger charge is 2.44. The van der Waals surface area contributed by atoms with Gasteiger partial charge in [0.05, 0.1) is 13.0 Å². The molecule has 1 N–H and O–H groups in total. The number of aliphatic carboxylic acids is 1. The zero-order chi connectivity index (χ0) is 15.7. The fourth-order valence-corrected chi connectivity index (χ4v) is 3.57. The van der Waals surface area contributed by atoms with Gasteiger partial charge in [0, 0.05) is 10.6 Å². The number of aryl methyl sites for hydroxylation is 1. The molecule has 0 radical (unpaired) electrons. The summed E-state index contributed by atoms with van der Waals surface area (Å²) in [7, 11) is 1.68. The van der Waals surface area contributed by atoms with Gasteiger partial charge in [-0.1, -0.05) is 18.5 Å². The van der Waals surface area contributed by atoms with Crippen molar-refractivity contribution in [2.45, 2.75) is 46.0 Å². The molecule has 1 aliphatic rings. The van der Waals surface area contributed by atoms with E-state index in [0.29, 0.717) is 5.92 Å². The van der Waals surface area contributed by atoms with Crippen LogP contribution in [-0.2, 0) is 4.79 Å². The van der Waals surface area contributed by atoms with Crippen molar-refractivity contribution >= 4 is 17.6 Å². The molecule has 0 aliphatic heterocycles. The highest BCUT2D eigenvalue weighted by atomic mass is 35.5. The van der Waals surface area contributed by atoms with Crippen LogP contribution in [0.2, 0.25) is 5.02 Å². The summed E-state index contributed by atoms with van der Waals surface area (Å²) < 4.78 is 5.60. The van der Waals surface area contributed by atoms with Crippen LogP contribution < -0.4 is 4.74 Å². The predicted molar refractivity (Wildman–Crippen MR) is 84.4 cm³/mol. The summed E-state index contributed by atoms with van der Waals surface area (Å²) in [6.07, 6.45) is 2.65. The third-order valence-corrected chi connectivity index (χ3v) is 5.03. The summed E-state index contributed by atoms with van der Waals surface area (Å²) in [6, 6.07) is 1.93. The van der Waals surface area contributed by atoms with Crippen molar-refractivity contribution in [1.29, 1.82) is 0 Å². The van der Waals surface area contributed by atoms with E-state index in [9.17, 15) is 4.79 Å². The topological polar surface area (TPSA) is 46.5 Å². The number of benzene rings is 1. The van der Waals surface area contributed by atoms with Crippen molar-refractivity contribution in [3.05, 3.63) is 27.8 Å². The molecule has 1 aromatic carbocycles. The van der Waals surface area contributed by atoms with Gasteiger partial charge in [0.2, 0.25) is 0 Å². The predicted octanol–water partition coefficient (Wildman–Crippen LogP) is 4.57. The van der Waals surface area contributed by atoms with E-state index in [-0.39, 0.29) is 11.8 Å². The number of carboxylic acids is 1. The molecule has 2 rings (SSSR count). The number of hydrogen-bond acceptors (Lipinski definition) is 2. The Morgan fingerprint density at radius 1 is 1.52 bits per heavy atom. The fourth-order valence-electron chi connectivity index (χ4n) is 3.30. The van der Waals surface area contributed by atoms with Crippen LogP contribution in [0.15, 0.2) is 6.07 Å². The number of ether oxygens (including phenoxy) is 1. The molecule has 21 heavy (non-hydrogen) atoms. The number of carboxylic acid groups (broad SMARTS) is 1. The highest BCUT2D eigenvalue weighted by Crippen LogP contribution is 2.48. The quantitative estimate of drug-likeness (QED) is 0.837.